The SMILES string of the molecule is CC1NC=C(NC(=O)CNC2CCC2)C=C1NC(=O)c1cnn2cc(-c3cnn4c3OCCC4)sc12. The van der Waals surface area contributed by atoms with Gasteiger partial charge in [0.2, 0.25) is 11.8 Å². The average Bonchev–Trinajstić information content (AvgIpc) is 3.54. The first-order valence-electron chi connectivity index (χ1n) is 12.2. The molecular formula is C24H28N8O3S. The maximum absolute atomic E-state index is 13.2. The van der Waals surface area contributed by atoms with Crippen LogP contribution in [0.15, 0.2) is 42.3 Å². The highest BCUT2D eigenvalue weighted by atomic mass is 32.1. The van der Waals surface area contributed by atoms with Gasteiger partial charge in [-0.25, -0.2) is 9.20 Å². The lowest BCUT2D eigenvalue weighted by Gasteiger charge is -2.26. The van der Waals surface area contributed by atoms with Crippen molar-refractivity contribution >= 4 is 28.0 Å². The maximum Gasteiger partial charge on any atom is 0.260 e. The number of fused-ring (bicyclic) bond motifs is 2. The van der Waals surface area contributed by atoms with Crippen molar-refractivity contribution in [1.29, 1.82) is 0 Å². The molecule has 1 fully saturated rings. The smallest absolute Gasteiger partial charge is 0.260 e. The zero-order valence-corrected chi connectivity index (χ0v) is 20.7. The number of nitrogens with zero attached hydrogens (tertiary/aromatic N) is 4. The molecule has 0 aromatic carbocycles. The van der Waals surface area contributed by atoms with Gasteiger partial charge in [-0.3, -0.25) is 9.59 Å². The highest BCUT2D eigenvalue weighted by molar-refractivity contribution is 7.21. The second-order valence-corrected chi connectivity index (χ2v) is 10.3. The first-order chi connectivity index (χ1) is 17.5. The number of nitrogens with one attached hydrogen (secondary N) is 4. The quantitative estimate of drug-likeness (QED) is 0.383. The minimum Gasteiger partial charge on any atom is -0.477 e. The third-order valence-electron chi connectivity index (χ3n) is 6.71. The number of thiazole rings is 1. The van der Waals surface area contributed by atoms with Gasteiger partial charge in [0.25, 0.3) is 5.91 Å². The fourth-order valence-electron chi connectivity index (χ4n) is 4.41. The maximum atomic E-state index is 13.2. The van der Waals surface area contributed by atoms with Crippen molar-refractivity contribution in [3.63, 3.8) is 0 Å². The van der Waals surface area contributed by atoms with E-state index in [0.29, 0.717) is 29.6 Å². The Bertz CT molecular complexity index is 1380. The van der Waals surface area contributed by atoms with E-state index in [1.54, 1.807) is 29.2 Å². The van der Waals surface area contributed by atoms with Gasteiger partial charge in [-0.1, -0.05) is 6.42 Å². The van der Waals surface area contributed by atoms with Gasteiger partial charge >= 0.3 is 0 Å². The van der Waals surface area contributed by atoms with Crippen molar-refractivity contribution in [3.8, 4) is 16.3 Å². The summed E-state index contributed by atoms with van der Waals surface area (Å²) in [5.74, 6) is 0.390. The third-order valence-corrected chi connectivity index (χ3v) is 7.86. The molecule has 5 heterocycles. The topological polar surface area (TPSA) is 127 Å². The van der Waals surface area contributed by atoms with Crippen LogP contribution in [-0.4, -0.2) is 56.4 Å². The summed E-state index contributed by atoms with van der Waals surface area (Å²) >= 11 is 1.47. The number of dihydropyridines is 1. The lowest BCUT2D eigenvalue weighted by atomic mass is 9.93. The Morgan fingerprint density at radius 3 is 2.94 bits per heavy atom. The second-order valence-electron chi connectivity index (χ2n) is 9.29. The number of amides is 2. The molecule has 0 spiro atoms. The van der Waals surface area contributed by atoms with Crippen LogP contribution in [0.5, 0.6) is 5.88 Å². The van der Waals surface area contributed by atoms with Crippen molar-refractivity contribution in [2.45, 2.75) is 51.2 Å². The summed E-state index contributed by atoms with van der Waals surface area (Å²) in [6, 6.07) is 0.320. The Kier molecular flexibility index (Phi) is 5.97. The van der Waals surface area contributed by atoms with E-state index in [2.05, 4.69) is 31.5 Å². The van der Waals surface area contributed by atoms with Crippen LogP contribution in [0, 0.1) is 0 Å². The fourth-order valence-corrected chi connectivity index (χ4v) is 5.47. The fraction of sp³-hybridized carbons (Fsp3) is 0.417. The lowest BCUT2D eigenvalue weighted by Crippen LogP contribution is -2.43. The predicted molar refractivity (Wildman–Crippen MR) is 134 cm³/mol. The van der Waals surface area contributed by atoms with Crippen LogP contribution in [0.25, 0.3) is 15.3 Å². The normalized spacial score (nSPS) is 19.4. The molecule has 0 radical (unpaired) electrons. The highest BCUT2D eigenvalue weighted by Crippen LogP contribution is 2.37. The summed E-state index contributed by atoms with van der Waals surface area (Å²) in [5.41, 5.74) is 2.65. The summed E-state index contributed by atoms with van der Waals surface area (Å²) in [4.78, 5) is 27.2. The van der Waals surface area contributed by atoms with Crippen molar-refractivity contribution in [3.05, 3.63) is 47.8 Å². The van der Waals surface area contributed by atoms with Crippen molar-refractivity contribution in [2.24, 2.45) is 0 Å². The van der Waals surface area contributed by atoms with Crippen LogP contribution in [0.4, 0.5) is 0 Å². The minimum absolute atomic E-state index is 0.109. The van der Waals surface area contributed by atoms with E-state index < -0.39 is 0 Å². The Morgan fingerprint density at radius 2 is 2.11 bits per heavy atom. The molecule has 1 aliphatic carbocycles. The molecule has 1 atom stereocenters. The number of aryl methyl sites for hydroxylation is 1. The molecule has 1 saturated carbocycles. The van der Waals surface area contributed by atoms with Crippen LogP contribution in [0.3, 0.4) is 0 Å². The predicted octanol–water partition coefficient (Wildman–Crippen LogP) is 1.75. The number of hydrogen-bond donors (Lipinski definition) is 4. The molecule has 2 aliphatic heterocycles. The molecule has 0 bridgehead atoms. The Balaban J connectivity index is 1.16. The Labute approximate surface area is 211 Å². The molecule has 0 saturated heterocycles. The van der Waals surface area contributed by atoms with E-state index in [1.165, 1.54) is 17.8 Å². The van der Waals surface area contributed by atoms with Gasteiger partial charge in [-0.15, -0.1) is 11.3 Å². The summed E-state index contributed by atoms with van der Waals surface area (Å²) < 4.78 is 9.40. The molecule has 2 amide bonds. The molecular weight excluding hydrogens is 480 g/mol. The standard InChI is InChI=1S/C24H28N8O3S/c1-14-19(8-16(9-25-14)29-21(33)12-26-15-4-2-5-15)30-22(34)18-11-28-32-13-20(36-24(18)32)17-10-27-31-6-3-7-35-23(17)31/h8-11,13-15,25-26H,2-7,12H2,1H3,(H,29,33)(H,30,34). The monoisotopic (exact) mass is 508 g/mol. The molecule has 6 rings (SSSR count). The van der Waals surface area contributed by atoms with Gasteiger partial charge in [0.1, 0.15) is 4.83 Å². The van der Waals surface area contributed by atoms with Gasteiger partial charge in [0.05, 0.1) is 53.3 Å². The van der Waals surface area contributed by atoms with Gasteiger partial charge in [-0.05, 0) is 25.8 Å². The van der Waals surface area contributed by atoms with Crippen LogP contribution < -0.4 is 26.0 Å². The van der Waals surface area contributed by atoms with Crippen LogP contribution in [-0.2, 0) is 11.3 Å². The molecule has 1 unspecified atom stereocenters. The number of carbonyl (C=O) groups excluding carboxylic acids is 2. The summed E-state index contributed by atoms with van der Waals surface area (Å²) in [7, 11) is 0. The Morgan fingerprint density at radius 1 is 1.22 bits per heavy atom. The van der Waals surface area contributed by atoms with Gasteiger partial charge < -0.3 is 26.0 Å². The zero-order valence-electron chi connectivity index (χ0n) is 19.9. The highest BCUT2D eigenvalue weighted by Gasteiger charge is 2.24. The average molecular weight is 509 g/mol. The molecule has 36 heavy (non-hydrogen) atoms. The number of hydrogen-bond acceptors (Lipinski definition) is 8. The number of aromatic nitrogens is 4. The minimum atomic E-state index is -0.259. The van der Waals surface area contributed by atoms with E-state index in [4.69, 9.17) is 4.74 Å². The largest absolute Gasteiger partial charge is 0.477 e. The molecule has 4 N–H and O–H groups in total. The molecule has 3 aliphatic rings. The van der Waals surface area contributed by atoms with Gasteiger partial charge in [-0.2, -0.15) is 10.2 Å². The van der Waals surface area contributed by atoms with E-state index in [-0.39, 0.29) is 24.4 Å². The van der Waals surface area contributed by atoms with E-state index in [1.807, 2.05) is 17.8 Å². The first kappa shape index (κ1) is 22.8. The number of allylic oxidation sites excluding steroid dienone is 1. The van der Waals surface area contributed by atoms with Gasteiger partial charge in [0, 0.05) is 37.1 Å². The summed E-state index contributed by atoms with van der Waals surface area (Å²) in [6.07, 6.45) is 13.2. The first-order valence-corrected chi connectivity index (χ1v) is 13.1. The molecule has 11 nitrogen and oxygen atoms in total. The van der Waals surface area contributed by atoms with Crippen molar-refractivity contribution < 1.29 is 14.3 Å². The van der Waals surface area contributed by atoms with Crippen LogP contribution in [0.2, 0.25) is 0 Å². The molecule has 3 aromatic rings. The van der Waals surface area contributed by atoms with Crippen molar-refractivity contribution in [2.75, 3.05) is 13.2 Å². The van der Waals surface area contributed by atoms with Crippen LogP contribution >= 0.6 is 11.3 Å². The second kappa shape index (κ2) is 9.43. The number of carbonyl (C=O) groups is 2. The van der Waals surface area contributed by atoms with Gasteiger partial charge in [0.15, 0.2) is 0 Å². The molecule has 188 valence electrons. The van der Waals surface area contributed by atoms with E-state index in [0.717, 1.165) is 47.0 Å². The number of rotatable bonds is 7. The van der Waals surface area contributed by atoms with E-state index in [9.17, 15) is 9.59 Å². The van der Waals surface area contributed by atoms with Crippen molar-refractivity contribution in [1.82, 2.24) is 40.7 Å². The lowest BCUT2D eigenvalue weighted by molar-refractivity contribution is -0.119. The van der Waals surface area contributed by atoms with Crippen LogP contribution in [0.1, 0.15) is 43.0 Å². The molecule has 12 heteroatoms. The van der Waals surface area contributed by atoms with E-state index >= 15 is 0 Å². The summed E-state index contributed by atoms with van der Waals surface area (Å²) in [5, 5.41) is 21.1. The summed E-state index contributed by atoms with van der Waals surface area (Å²) in [6.45, 7) is 3.72. The zero-order chi connectivity index (χ0) is 24.6. The third kappa shape index (κ3) is 4.37. The molecule has 3 aromatic heterocycles. The number of ether oxygens (including phenoxy) is 1. The Hall–Kier alpha value is -3.64.